The van der Waals surface area contributed by atoms with Crippen LogP contribution in [0, 0.1) is 0 Å². The molecule has 1 amide bonds. The minimum atomic E-state index is -0.0252. The Morgan fingerprint density at radius 3 is 2.65 bits per heavy atom. The van der Waals surface area contributed by atoms with Gasteiger partial charge in [-0.1, -0.05) is 6.07 Å². The van der Waals surface area contributed by atoms with Crippen LogP contribution in [-0.2, 0) is 17.6 Å². The van der Waals surface area contributed by atoms with Gasteiger partial charge in [0, 0.05) is 30.9 Å². The van der Waals surface area contributed by atoms with E-state index in [-0.39, 0.29) is 18.0 Å². The van der Waals surface area contributed by atoms with E-state index in [4.69, 9.17) is 11.5 Å². The van der Waals surface area contributed by atoms with Crippen LogP contribution in [0.2, 0.25) is 0 Å². The number of anilines is 1. The Kier molecular flexibility index (Phi) is 3.74. The fourth-order valence-corrected chi connectivity index (χ4v) is 3.12. The fourth-order valence-electron chi connectivity index (χ4n) is 3.12. The van der Waals surface area contributed by atoms with E-state index in [1.54, 1.807) is 0 Å². The van der Waals surface area contributed by atoms with Crippen molar-refractivity contribution in [2.24, 2.45) is 11.5 Å². The van der Waals surface area contributed by atoms with Gasteiger partial charge in [-0.15, -0.1) is 0 Å². The monoisotopic (exact) mass is 274 g/mol. The van der Waals surface area contributed by atoms with Gasteiger partial charge < -0.3 is 16.8 Å². The summed E-state index contributed by atoms with van der Waals surface area (Å²) in [7, 11) is 0. The van der Waals surface area contributed by atoms with Gasteiger partial charge in [0.1, 0.15) is 0 Å². The van der Waals surface area contributed by atoms with E-state index in [1.165, 1.54) is 17.5 Å². The summed E-state index contributed by atoms with van der Waals surface area (Å²) in [6.07, 6.45) is 3.50. The number of hydrogen-bond donors (Lipinski definition) is 3. The molecule has 0 radical (unpaired) electrons. The van der Waals surface area contributed by atoms with Crippen molar-refractivity contribution in [2.75, 3.05) is 25.0 Å². The third kappa shape index (κ3) is 2.85. The number of carbonyl (C=O) groups is 1. The topological polar surface area (TPSA) is 84.4 Å². The van der Waals surface area contributed by atoms with Crippen molar-refractivity contribution in [2.45, 2.75) is 31.3 Å². The molecule has 2 aliphatic rings. The lowest BCUT2D eigenvalue weighted by atomic mass is 10.1. The third-order valence-corrected chi connectivity index (χ3v) is 4.24. The van der Waals surface area contributed by atoms with Crippen LogP contribution < -0.4 is 16.8 Å². The van der Waals surface area contributed by atoms with E-state index < -0.39 is 0 Å². The average Bonchev–Trinajstić information content (AvgIpc) is 2.96. The molecule has 1 saturated heterocycles. The van der Waals surface area contributed by atoms with Gasteiger partial charge in [0.25, 0.3) is 0 Å². The molecule has 0 unspecified atom stereocenters. The molecule has 3 rings (SSSR count). The van der Waals surface area contributed by atoms with Crippen LogP contribution in [0.4, 0.5) is 5.69 Å². The summed E-state index contributed by atoms with van der Waals surface area (Å²) in [5.74, 6) is 0.00393. The second-order valence-electron chi connectivity index (χ2n) is 5.91. The number of benzene rings is 1. The summed E-state index contributed by atoms with van der Waals surface area (Å²) in [5, 5.41) is 2.97. The van der Waals surface area contributed by atoms with Crippen LogP contribution in [0.15, 0.2) is 18.2 Å². The number of hydrogen-bond acceptors (Lipinski definition) is 4. The molecule has 1 aromatic rings. The standard InChI is InChI=1S/C15H22N4O/c16-13-7-19(8-14(13)17)9-15(20)18-12-5-4-10-2-1-3-11(10)6-12/h4-6,13-14H,1-3,7-9,16-17H2,(H,18,20)/t13-,14-/m1/s1. The first-order valence-corrected chi connectivity index (χ1v) is 7.27. The lowest BCUT2D eigenvalue weighted by Crippen LogP contribution is -2.39. The predicted molar refractivity (Wildman–Crippen MR) is 79.5 cm³/mol. The number of likely N-dealkylation sites (tertiary alicyclic amines) is 1. The maximum Gasteiger partial charge on any atom is 0.238 e. The smallest absolute Gasteiger partial charge is 0.238 e. The van der Waals surface area contributed by atoms with E-state index in [2.05, 4.69) is 17.4 Å². The highest BCUT2D eigenvalue weighted by molar-refractivity contribution is 5.92. The predicted octanol–water partition coefficient (Wildman–Crippen LogP) is 0.0840. The van der Waals surface area contributed by atoms with Gasteiger partial charge in [0.15, 0.2) is 0 Å². The molecular formula is C15H22N4O. The minimum Gasteiger partial charge on any atom is -0.325 e. The summed E-state index contributed by atoms with van der Waals surface area (Å²) in [5.41, 5.74) is 15.4. The quantitative estimate of drug-likeness (QED) is 0.729. The Morgan fingerprint density at radius 1 is 1.20 bits per heavy atom. The normalized spacial score (nSPS) is 25.7. The fraction of sp³-hybridized carbons (Fsp3) is 0.533. The van der Waals surface area contributed by atoms with E-state index in [9.17, 15) is 4.79 Å². The van der Waals surface area contributed by atoms with Crippen LogP contribution in [0.1, 0.15) is 17.5 Å². The Hall–Kier alpha value is -1.43. The average molecular weight is 274 g/mol. The summed E-state index contributed by atoms with van der Waals surface area (Å²) < 4.78 is 0. The summed E-state index contributed by atoms with van der Waals surface area (Å²) in [6, 6.07) is 6.16. The molecule has 0 bridgehead atoms. The van der Waals surface area contributed by atoms with Crippen molar-refractivity contribution < 1.29 is 4.79 Å². The van der Waals surface area contributed by atoms with Crippen LogP contribution in [0.5, 0.6) is 0 Å². The van der Waals surface area contributed by atoms with Crippen LogP contribution >= 0.6 is 0 Å². The van der Waals surface area contributed by atoms with E-state index in [1.807, 2.05) is 11.0 Å². The molecule has 1 fully saturated rings. The van der Waals surface area contributed by atoms with Crippen molar-refractivity contribution >= 4 is 11.6 Å². The molecule has 1 aliphatic carbocycles. The number of fused-ring (bicyclic) bond motifs is 1. The Morgan fingerprint density at radius 2 is 1.90 bits per heavy atom. The molecule has 1 aliphatic heterocycles. The summed E-state index contributed by atoms with van der Waals surface area (Å²) >= 11 is 0. The van der Waals surface area contributed by atoms with Gasteiger partial charge in [-0.2, -0.15) is 0 Å². The number of carbonyl (C=O) groups excluding carboxylic acids is 1. The Bertz CT molecular complexity index is 507. The first-order chi connectivity index (χ1) is 9.61. The number of aryl methyl sites for hydroxylation is 2. The number of nitrogens with one attached hydrogen (secondary N) is 1. The van der Waals surface area contributed by atoms with Gasteiger partial charge in [0.05, 0.1) is 6.54 Å². The lowest BCUT2D eigenvalue weighted by Gasteiger charge is -2.15. The molecule has 108 valence electrons. The van der Waals surface area contributed by atoms with Crippen molar-refractivity contribution in [3.05, 3.63) is 29.3 Å². The zero-order valence-electron chi connectivity index (χ0n) is 11.6. The van der Waals surface area contributed by atoms with Crippen molar-refractivity contribution in [3.63, 3.8) is 0 Å². The molecule has 5 N–H and O–H groups in total. The van der Waals surface area contributed by atoms with Crippen LogP contribution in [0.25, 0.3) is 0 Å². The highest BCUT2D eigenvalue weighted by Gasteiger charge is 2.28. The Balaban J connectivity index is 1.57. The van der Waals surface area contributed by atoms with E-state index in [0.29, 0.717) is 19.6 Å². The van der Waals surface area contributed by atoms with E-state index in [0.717, 1.165) is 18.5 Å². The summed E-state index contributed by atoms with van der Waals surface area (Å²) in [6.45, 7) is 1.75. The second-order valence-corrected chi connectivity index (χ2v) is 5.91. The Labute approximate surface area is 119 Å². The van der Waals surface area contributed by atoms with Gasteiger partial charge >= 0.3 is 0 Å². The molecule has 0 spiro atoms. The molecule has 5 heteroatoms. The number of nitrogens with two attached hydrogens (primary N) is 2. The molecule has 0 saturated carbocycles. The molecule has 5 nitrogen and oxygen atoms in total. The molecular weight excluding hydrogens is 252 g/mol. The first-order valence-electron chi connectivity index (χ1n) is 7.27. The van der Waals surface area contributed by atoms with Gasteiger partial charge in [-0.3, -0.25) is 9.69 Å². The van der Waals surface area contributed by atoms with Crippen LogP contribution in [-0.4, -0.2) is 42.5 Å². The zero-order valence-corrected chi connectivity index (χ0v) is 11.6. The molecule has 0 aromatic heterocycles. The maximum atomic E-state index is 12.0. The molecule has 20 heavy (non-hydrogen) atoms. The third-order valence-electron chi connectivity index (χ3n) is 4.24. The maximum absolute atomic E-state index is 12.0. The lowest BCUT2D eigenvalue weighted by molar-refractivity contribution is -0.117. The molecule has 1 heterocycles. The van der Waals surface area contributed by atoms with E-state index >= 15 is 0 Å². The number of nitrogens with zero attached hydrogens (tertiary/aromatic N) is 1. The largest absolute Gasteiger partial charge is 0.325 e. The van der Waals surface area contributed by atoms with Crippen molar-refractivity contribution in [3.8, 4) is 0 Å². The second kappa shape index (κ2) is 5.52. The van der Waals surface area contributed by atoms with Crippen LogP contribution in [0.3, 0.4) is 0 Å². The molecule has 1 aromatic carbocycles. The van der Waals surface area contributed by atoms with Gasteiger partial charge in [-0.05, 0) is 42.5 Å². The van der Waals surface area contributed by atoms with Gasteiger partial charge in [-0.25, -0.2) is 0 Å². The number of rotatable bonds is 3. The summed E-state index contributed by atoms with van der Waals surface area (Å²) in [4.78, 5) is 14.1. The highest BCUT2D eigenvalue weighted by atomic mass is 16.2. The van der Waals surface area contributed by atoms with Gasteiger partial charge in [0.2, 0.25) is 5.91 Å². The van der Waals surface area contributed by atoms with Crippen molar-refractivity contribution in [1.29, 1.82) is 0 Å². The minimum absolute atomic E-state index is 0.00393. The zero-order chi connectivity index (χ0) is 14.1. The van der Waals surface area contributed by atoms with Crippen molar-refractivity contribution in [1.82, 2.24) is 4.90 Å². The SMILES string of the molecule is N[C@@H]1CN(CC(=O)Nc2ccc3c(c2)CCC3)C[C@H]1N. The highest BCUT2D eigenvalue weighted by Crippen LogP contribution is 2.24. The number of amides is 1. The first kappa shape index (κ1) is 13.5. The molecule has 2 atom stereocenters.